The van der Waals surface area contributed by atoms with Crippen LogP contribution in [-0.2, 0) is 5.41 Å². The average Bonchev–Trinajstić information content (AvgIpc) is 3.88. The summed E-state index contributed by atoms with van der Waals surface area (Å²) in [5.74, 6) is 0.182. The number of nitrogens with zero attached hydrogens (tertiary/aromatic N) is 1. The summed E-state index contributed by atoms with van der Waals surface area (Å²) in [6, 6.07) is 76.8. The predicted octanol–water partition coefficient (Wildman–Crippen LogP) is 15.3. The molecule has 1 unspecified atom stereocenters. The monoisotopic (exact) mass is 751 g/mol. The van der Waals surface area contributed by atoms with Crippen molar-refractivity contribution in [2.75, 3.05) is 0 Å². The predicted molar refractivity (Wildman–Crippen MR) is 247 cm³/mol. The van der Waals surface area contributed by atoms with E-state index in [1.165, 1.54) is 111 Å². The molecule has 59 heavy (non-hydrogen) atoms. The SMILES string of the molecule is CC1(C)c2ccccc2-c2cc3c4cc(-c5ccc6c(c5)-c5ccccc5C6c5cccc(-c6ccccc6)c5)ccc4n(-c4ccc(-c5ccccc5)cc4)c3cc21. The van der Waals surface area contributed by atoms with E-state index >= 15 is 0 Å². The van der Waals surface area contributed by atoms with Crippen molar-refractivity contribution in [3.8, 4) is 61.3 Å². The topological polar surface area (TPSA) is 4.93 Å². The molecule has 0 spiro atoms. The number of hydrogen-bond acceptors (Lipinski definition) is 0. The van der Waals surface area contributed by atoms with Crippen LogP contribution in [0.2, 0.25) is 0 Å². The van der Waals surface area contributed by atoms with Crippen LogP contribution in [0, 0.1) is 0 Å². The quantitative estimate of drug-likeness (QED) is 0.165. The normalized spacial score (nSPS) is 14.6. The Bertz CT molecular complexity index is 3270. The molecule has 1 atom stereocenters. The molecule has 1 heteroatoms. The number of hydrogen-bond donors (Lipinski definition) is 0. The molecule has 2 aliphatic rings. The van der Waals surface area contributed by atoms with Gasteiger partial charge in [-0.2, -0.15) is 0 Å². The van der Waals surface area contributed by atoms with E-state index in [0.717, 1.165) is 0 Å². The zero-order valence-corrected chi connectivity index (χ0v) is 33.2. The first kappa shape index (κ1) is 33.9. The van der Waals surface area contributed by atoms with Crippen molar-refractivity contribution < 1.29 is 0 Å². The summed E-state index contributed by atoms with van der Waals surface area (Å²) in [5.41, 5.74) is 23.2. The maximum Gasteiger partial charge on any atom is 0.0544 e. The van der Waals surface area contributed by atoms with Gasteiger partial charge in [-0.1, -0.05) is 178 Å². The molecular weight excluding hydrogens is 711 g/mol. The van der Waals surface area contributed by atoms with E-state index < -0.39 is 0 Å². The molecule has 0 saturated carbocycles. The van der Waals surface area contributed by atoms with Gasteiger partial charge in [0.15, 0.2) is 0 Å². The van der Waals surface area contributed by atoms with Gasteiger partial charge in [-0.3, -0.25) is 0 Å². The van der Waals surface area contributed by atoms with Gasteiger partial charge in [0.25, 0.3) is 0 Å². The van der Waals surface area contributed by atoms with Crippen molar-refractivity contribution in [3.63, 3.8) is 0 Å². The summed E-state index contributed by atoms with van der Waals surface area (Å²) in [5, 5.41) is 2.55. The van der Waals surface area contributed by atoms with E-state index in [-0.39, 0.29) is 11.3 Å². The molecule has 12 rings (SSSR count). The fourth-order valence-corrected chi connectivity index (χ4v) is 10.4. The maximum atomic E-state index is 2.48. The molecule has 0 radical (unpaired) electrons. The van der Waals surface area contributed by atoms with Crippen LogP contribution in [-0.4, -0.2) is 4.57 Å². The van der Waals surface area contributed by atoms with Crippen LogP contribution in [0.15, 0.2) is 206 Å². The summed E-state index contributed by atoms with van der Waals surface area (Å²) in [6.07, 6.45) is 0. The maximum absolute atomic E-state index is 2.48. The van der Waals surface area contributed by atoms with Gasteiger partial charge in [0.2, 0.25) is 0 Å². The molecule has 1 heterocycles. The van der Waals surface area contributed by atoms with Crippen molar-refractivity contribution in [1.82, 2.24) is 4.57 Å². The zero-order valence-electron chi connectivity index (χ0n) is 33.2. The Morgan fingerprint density at radius 2 is 0.932 bits per heavy atom. The zero-order chi connectivity index (χ0) is 39.2. The Morgan fingerprint density at radius 3 is 1.73 bits per heavy atom. The largest absolute Gasteiger partial charge is 0.309 e. The molecule has 278 valence electrons. The van der Waals surface area contributed by atoms with Gasteiger partial charge in [-0.05, 0) is 126 Å². The molecule has 9 aromatic carbocycles. The second kappa shape index (κ2) is 12.9. The lowest BCUT2D eigenvalue weighted by Gasteiger charge is -2.21. The molecule has 2 aliphatic carbocycles. The second-order valence-corrected chi connectivity index (χ2v) is 16.9. The average molecular weight is 752 g/mol. The van der Waals surface area contributed by atoms with E-state index in [4.69, 9.17) is 0 Å². The van der Waals surface area contributed by atoms with E-state index in [2.05, 4.69) is 225 Å². The molecule has 0 saturated heterocycles. The van der Waals surface area contributed by atoms with E-state index in [1.54, 1.807) is 0 Å². The number of rotatable bonds is 5. The Kier molecular flexibility index (Phi) is 7.40. The van der Waals surface area contributed by atoms with E-state index in [1.807, 2.05) is 0 Å². The molecule has 0 N–H and O–H groups in total. The van der Waals surface area contributed by atoms with Gasteiger partial charge in [-0.25, -0.2) is 0 Å². The van der Waals surface area contributed by atoms with Crippen LogP contribution < -0.4 is 0 Å². The Balaban J connectivity index is 1.02. The minimum atomic E-state index is -0.0921. The highest BCUT2D eigenvalue weighted by atomic mass is 15.0. The summed E-state index contributed by atoms with van der Waals surface area (Å²) >= 11 is 0. The number of benzene rings is 9. The van der Waals surface area contributed by atoms with Crippen LogP contribution in [0.25, 0.3) is 83.1 Å². The third-order valence-corrected chi connectivity index (χ3v) is 13.3. The van der Waals surface area contributed by atoms with Gasteiger partial charge in [0.05, 0.1) is 11.0 Å². The molecule has 1 nitrogen and oxygen atoms in total. The minimum Gasteiger partial charge on any atom is -0.309 e. The molecular formula is C58H41N. The summed E-state index contributed by atoms with van der Waals surface area (Å²) in [6.45, 7) is 4.75. The molecule has 10 aromatic rings. The third-order valence-electron chi connectivity index (χ3n) is 13.3. The first-order chi connectivity index (χ1) is 29.0. The van der Waals surface area contributed by atoms with Crippen molar-refractivity contribution in [3.05, 3.63) is 234 Å². The molecule has 0 bridgehead atoms. The Morgan fingerprint density at radius 1 is 0.356 bits per heavy atom. The molecule has 1 aromatic heterocycles. The fraction of sp³-hybridized carbons (Fsp3) is 0.0690. The van der Waals surface area contributed by atoms with E-state index in [9.17, 15) is 0 Å². The van der Waals surface area contributed by atoms with Crippen LogP contribution in [0.3, 0.4) is 0 Å². The lowest BCUT2D eigenvalue weighted by Crippen LogP contribution is -2.14. The fourth-order valence-electron chi connectivity index (χ4n) is 10.4. The van der Waals surface area contributed by atoms with Crippen molar-refractivity contribution >= 4 is 21.8 Å². The van der Waals surface area contributed by atoms with Crippen molar-refractivity contribution in [2.45, 2.75) is 25.2 Å². The van der Waals surface area contributed by atoms with Crippen molar-refractivity contribution in [2.24, 2.45) is 0 Å². The smallest absolute Gasteiger partial charge is 0.0544 e. The lowest BCUT2D eigenvalue weighted by molar-refractivity contribution is 0.661. The summed E-state index contributed by atoms with van der Waals surface area (Å²) in [7, 11) is 0. The van der Waals surface area contributed by atoms with Gasteiger partial charge >= 0.3 is 0 Å². The second-order valence-electron chi connectivity index (χ2n) is 16.9. The summed E-state index contributed by atoms with van der Waals surface area (Å²) < 4.78 is 2.48. The molecule has 0 aliphatic heterocycles. The highest BCUT2D eigenvalue weighted by Gasteiger charge is 2.36. The van der Waals surface area contributed by atoms with Gasteiger partial charge < -0.3 is 4.57 Å². The van der Waals surface area contributed by atoms with Crippen LogP contribution in [0.5, 0.6) is 0 Å². The van der Waals surface area contributed by atoms with Crippen LogP contribution in [0.1, 0.15) is 47.6 Å². The standard InChI is InChI=1S/C58H41N/c1-58(2)53-23-12-11-21-46(53)50-35-52-51-34-42(27-31-55(51)59(56(52)36-54(50)58)44-28-24-39(25-29-44)37-14-5-3-6-15-37)41-26-30-48-49(33-41)45-20-9-10-22-47(45)57(48)43-19-13-18-40(32-43)38-16-7-4-8-17-38/h3-36,57H,1-2H3. The number of fused-ring (bicyclic) bond motifs is 9. The first-order valence-electron chi connectivity index (χ1n) is 20.8. The third kappa shape index (κ3) is 5.18. The highest BCUT2D eigenvalue weighted by molar-refractivity contribution is 6.13. The minimum absolute atomic E-state index is 0.0921. The van der Waals surface area contributed by atoms with Gasteiger partial charge in [0, 0.05) is 27.8 Å². The highest BCUT2D eigenvalue weighted by Crippen LogP contribution is 2.52. The van der Waals surface area contributed by atoms with Gasteiger partial charge in [0.1, 0.15) is 0 Å². The number of aromatic nitrogens is 1. The Hall–Kier alpha value is -7.22. The molecule has 0 amide bonds. The Labute approximate surface area is 345 Å². The van der Waals surface area contributed by atoms with E-state index in [0.29, 0.717) is 0 Å². The van der Waals surface area contributed by atoms with Crippen LogP contribution >= 0.6 is 0 Å². The lowest BCUT2D eigenvalue weighted by atomic mass is 9.82. The summed E-state index contributed by atoms with van der Waals surface area (Å²) in [4.78, 5) is 0. The van der Waals surface area contributed by atoms with Gasteiger partial charge in [-0.15, -0.1) is 0 Å². The molecule has 0 fully saturated rings. The van der Waals surface area contributed by atoms with Crippen molar-refractivity contribution in [1.29, 1.82) is 0 Å². The first-order valence-corrected chi connectivity index (χ1v) is 20.8. The van der Waals surface area contributed by atoms with Crippen LogP contribution in [0.4, 0.5) is 0 Å².